The molecule has 19 heavy (non-hydrogen) atoms. The maximum atomic E-state index is 12.2. The first-order valence-electron chi connectivity index (χ1n) is 6.26. The van der Waals surface area contributed by atoms with Crippen molar-refractivity contribution in [3.8, 4) is 0 Å². The second-order valence-corrected chi connectivity index (χ2v) is 7.10. The predicted octanol–water partition coefficient (Wildman–Crippen LogP) is 1.79. The zero-order valence-corrected chi connectivity index (χ0v) is 11.1. The number of carbonyl (C=O) groups excluding carboxylic acids is 1. The van der Waals surface area contributed by atoms with E-state index in [1.54, 1.807) is 22.7 Å². The van der Waals surface area contributed by atoms with Crippen LogP contribution in [0.4, 0.5) is 0 Å². The van der Waals surface area contributed by atoms with Gasteiger partial charge in [0.1, 0.15) is 11.1 Å². The van der Waals surface area contributed by atoms with Crippen molar-refractivity contribution in [1.29, 1.82) is 0 Å². The van der Waals surface area contributed by atoms with Gasteiger partial charge in [-0.3, -0.25) is 9.20 Å². The van der Waals surface area contributed by atoms with Gasteiger partial charge in [-0.1, -0.05) is 12.5 Å². The molecule has 6 heteroatoms. The Kier molecular flexibility index (Phi) is 2.89. The van der Waals surface area contributed by atoms with Crippen molar-refractivity contribution in [3.05, 3.63) is 35.9 Å². The number of imidazole rings is 1. The highest BCUT2D eigenvalue weighted by molar-refractivity contribution is 7.91. The van der Waals surface area contributed by atoms with E-state index in [4.69, 9.17) is 0 Å². The maximum Gasteiger partial charge on any atom is 0.166 e. The van der Waals surface area contributed by atoms with E-state index >= 15 is 0 Å². The summed E-state index contributed by atoms with van der Waals surface area (Å²) >= 11 is 0. The van der Waals surface area contributed by atoms with Crippen molar-refractivity contribution in [3.63, 3.8) is 0 Å². The Morgan fingerprint density at radius 2 is 2.16 bits per heavy atom. The minimum Gasteiger partial charge on any atom is -0.296 e. The molecule has 0 radical (unpaired) electrons. The first kappa shape index (κ1) is 12.3. The highest BCUT2D eigenvalue weighted by atomic mass is 32.2. The first-order chi connectivity index (χ1) is 9.13. The van der Waals surface area contributed by atoms with Gasteiger partial charge in [0.15, 0.2) is 16.1 Å². The summed E-state index contributed by atoms with van der Waals surface area (Å²) in [5.41, 5.74) is 1.19. The van der Waals surface area contributed by atoms with E-state index in [0.717, 1.165) is 18.2 Å². The van der Waals surface area contributed by atoms with Crippen molar-refractivity contribution < 1.29 is 13.2 Å². The third-order valence-corrected chi connectivity index (χ3v) is 5.77. The molecule has 3 rings (SSSR count). The number of aldehydes is 1. The van der Waals surface area contributed by atoms with Crippen molar-refractivity contribution in [2.75, 3.05) is 5.75 Å². The van der Waals surface area contributed by atoms with Crippen molar-refractivity contribution in [1.82, 2.24) is 9.38 Å². The molecule has 0 amide bonds. The second-order valence-electron chi connectivity index (χ2n) is 4.80. The molecule has 1 aliphatic rings. The fourth-order valence-corrected chi connectivity index (χ4v) is 4.57. The Morgan fingerprint density at radius 3 is 2.89 bits per heavy atom. The Bertz CT molecular complexity index is 733. The van der Waals surface area contributed by atoms with Gasteiger partial charge in [-0.15, -0.1) is 0 Å². The van der Waals surface area contributed by atoms with Gasteiger partial charge in [0.2, 0.25) is 0 Å². The third kappa shape index (κ3) is 1.96. The molecule has 1 saturated heterocycles. The van der Waals surface area contributed by atoms with Crippen LogP contribution in [0.1, 0.15) is 40.8 Å². The summed E-state index contributed by atoms with van der Waals surface area (Å²) in [6.07, 6.45) is 4.51. The first-order valence-corrected chi connectivity index (χ1v) is 7.98. The Morgan fingerprint density at radius 1 is 1.32 bits per heavy atom. The summed E-state index contributed by atoms with van der Waals surface area (Å²) in [5, 5.41) is -0.593. The largest absolute Gasteiger partial charge is 0.296 e. The van der Waals surface area contributed by atoms with Crippen molar-refractivity contribution in [2.45, 2.75) is 24.5 Å². The zero-order valence-electron chi connectivity index (χ0n) is 10.3. The van der Waals surface area contributed by atoms with E-state index in [2.05, 4.69) is 4.98 Å². The van der Waals surface area contributed by atoms with Crippen LogP contribution in [0.25, 0.3) is 5.52 Å². The normalized spacial score (nSPS) is 22.4. The van der Waals surface area contributed by atoms with Crippen LogP contribution >= 0.6 is 0 Å². The lowest BCUT2D eigenvalue weighted by atomic mass is 10.2. The van der Waals surface area contributed by atoms with Crippen LogP contribution in [0.5, 0.6) is 0 Å². The average molecular weight is 278 g/mol. The number of rotatable bonds is 2. The minimum atomic E-state index is -3.16. The van der Waals surface area contributed by atoms with Crippen LogP contribution in [0.3, 0.4) is 0 Å². The van der Waals surface area contributed by atoms with E-state index in [1.807, 2.05) is 6.07 Å². The summed E-state index contributed by atoms with van der Waals surface area (Å²) in [5.74, 6) is 0.674. The molecule has 0 spiro atoms. The highest BCUT2D eigenvalue weighted by Gasteiger charge is 2.33. The number of sulfone groups is 1. The molecule has 1 aliphatic heterocycles. The van der Waals surface area contributed by atoms with E-state index in [0.29, 0.717) is 24.4 Å². The highest BCUT2D eigenvalue weighted by Crippen LogP contribution is 2.33. The van der Waals surface area contributed by atoms with Crippen LogP contribution in [0.15, 0.2) is 24.4 Å². The molecule has 0 saturated carbocycles. The Balaban J connectivity index is 2.23. The van der Waals surface area contributed by atoms with Crippen molar-refractivity contribution in [2.24, 2.45) is 0 Å². The van der Waals surface area contributed by atoms with Crippen molar-refractivity contribution >= 4 is 21.6 Å². The fraction of sp³-hybridized carbons (Fsp3) is 0.385. The summed E-state index contributed by atoms with van der Waals surface area (Å²) < 4.78 is 26.0. The molecule has 2 aromatic heterocycles. The van der Waals surface area contributed by atoms with E-state index < -0.39 is 15.1 Å². The average Bonchev–Trinajstić information content (AvgIpc) is 2.82. The number of pyridine rings is 1. The molecule has 5 nitrogen and oxygen atoms in total. The SMILES string of the molecule is O=Cc1cccc2cnc(C3CCCCS3(=O)=O)n12. The molecular formula is C13H14N2O3S. The smallest absolute Gasteiger partial charge is 0.166 e. The van der Waals surface area contributed by atoms with Crippen LogP contribution in [0.2, 0.25) is 0 Å². The molecular weight excluding hydrogens is 264 g/mol. The lowest BCUT2D eigenvalue weighted by Crippen LogP contribution is -2.23. The van der Waals surface area contributed by atoms with E-state index in [-0.39, 0.29) is 5.75 Å². The molecule has 3 heterocycles. The Hall–Kier alpha value is -1.69. The van der Waals surface area contributed by atoms with Crippen LogP contribution < -0.4 is 0 Å². The molecule has 0 aliphatic carbocycles. The summed E-state index contributed by atoms with van der Waals surface area (Å²) in [6.45, 7) is 0. The molecule has 0 N–H and O–H groups in total. The summed E-state index contributed by atoms with van der Waals surface area (Å²) in [4.78, 5) is 15.4. The topological polar surface area (TPSA) is 68.5 Å². The second kappa shape index (κ2) is 4.45. The molecule has 1 atom stereocenters. The lowest BCUT2D eigenvalue weighted by Gasteiger charge is -2.21. The third-order valence-electron chi connectivity index (χ3n) is 3.60. The fourth-order valence-electron chi connectivity index (χ4n) is 2.66. The van der Waals surface area contributed by atoms with Gasteiger partial charge in [0.25, 0.3) is 0 Å². The zero-order chi connectivity index (χ0) is 13.5. The van der Waals surface area contributed by atoms with Gasteiger partial charge in [-0.25, -0.2) is 13.4 Å². The van der Waals surface area contributed by atoms with Gasteiger partial charge in [-0.05, 0) is 25.0 Å². The predicted molar refractivity (Wildman–Crippen MR) is 71.0 cm³/mol. The molecule has 1 fully saturated rings. The summed E-state index contributed by atoms with van der Waals surface area (Å²) in [6, 6.07) is 5.25. The number of nitrogens with zero attached hydrogens (tertiary/aromatic N) is 2. The standard InChI is InChI=1S/C13H14N2O3S/c16-9-11-5-3-4-10-8-14-13(15(10)11)12-6-1-2-7-19(12,17)18/h3-5,8-9,12H,1-2,6-7H2. The number of aromatic nitrogens is 2. The van der Waals surface area contributed by atoms with Crippen LogP contribution in [-0.2, 0) is 9.84 Å². The summed E-state index contributed by atoms with van der Waals surface area (Å²) in [7, 11) is -3.16. The molecule has 0 aromatic carbocycles. The van der Waals surface area contributed by atoms with Gasteiger partial charge < -0.3 is 0 Å². The number of carbonyl (C=O) groups is 1. The Labute approximate surface area is 111 Å². The van der Waals surface area contributed by atoms with Gasteiger partial charge in [0.05, 0.1) is 23.2 Å². The van der Waals surface area contributed by atoms with Crippen LogP contribution in [0, 0.1) is 0 Å². The lowest BCUT2D eigenvalue weighted by molar-refractivity contribution is 0.111. The van der Waals surface area contributed by atoms with Gasteiger partial charge >= 0.3 is 0 Å². The monoisotopic (exact) mass is 278 g/mol. The van der Waals surface area contributed by atoms with E-state index in [1.165, 1.54) is 0 Å². The molecule has 1 unspecified atom stereocenters. The number of hydrogen-bond acceptors (Lipinski definition) is 4. The quantitative estimate of drug-likeness (QED) is 0.785. The van der Waals surface area contributed by atoms with Crippen LogP contribution in [-0.4, -0.2) is 29.8 Å². The minimum absolute atomic E-state index is 0.204. The molecule has 100 valence electrons. The van der Waals surface area contributed by atoms with E-state index in [9.17, 15) is 13.2 Å². The van der Waals surface area contributed by atoms with Gasteiger partial charge in [-0.2, -0.15) is 0 Å². The number of fused-ring (bicyclic) bond motifs is 1. The maximum absolute atomic E-state index is 12.2. The van der Waals surface area contributed by atoms with Gasteiger partial charge in [0, 0.05) is 0 Å². The molecule has 2 aromatic rings. The number of hydrogen-bond donors (Lipinski definition) is 0. The molecule has 0 bridgehead atoms.